The Balaban J connectivity index is 2.72. The van der Waals surface area contributed by atoms with Crippen LogP contribution in [0, 0.1) is 0 Å². The van der Waals surface area contributed by atoms with E-state index in [1.54, 1.807) is 7.11 Å². The molecule has 1 aliphatic rings. The molecule has 0 saturated heterocycles. The Morgan fingerprint density at radius 3 is 2.50 bits per heavy atom. The second-order valence-electron chi connectivity index (χ2n) is 6.49. The van der Waals surface area contributed by atoms with Crippen LogP contribution in [-0.4, -0.2) is 66.7 Å². The van der Waals surface area contributed by atoms with Crippen LogP contribution in [0.4, 0.5) is 0 Å². The van der Waals surface area contributed by atoms with Gasteiger partial charge in [-0.3, -0.25) is 4.99 Å². The smallest absolute Gasteiger partial charge is 0.191 e. The van der Waals surface area contributed by atoms with E-state index in [0.29, 0.717) is 5.96 Å². The van der Waals surface area contributed by atoms with E-state index in [-0.39, 0.29) is 11.1 Å². The second-order valence-corrected chi connectivity index (χ2v) is 6.49. The summed E-state index contributed by atoms with van der Waals surface area (Å²) in [6, 6.07) is 0. The van der Waals surface area contributed by atoms with Gasteiger partial charge in [-0.25, -0.2) is 0 Å². The van der Waals surface area contributed by atoms with Gasteiger partial charge in [-0.1, -0.05) is 13.8 Å². The van der Waals surface area contributed by atoms with Gasteiger partial charge in [-0.15, -0.1) is 0 Å². The molecule has 0 radical (unpaired) electrons. The quantitative estimate of drug-likeness (QED) is 0.734. The highest BCUT2D eigenvalue weighted by Gasteiger charge is 2.41. The van der Waals surface area contributed by atoms with Crippen LogP contribution in [0.2, 0.25) is 0 Å². The van der Waals surface area contributed by atoms with Crippen LogP contribution in [-0.2, 0) is 4.74 Å². The SMILES string of the molecule is CCN(CC)CCN1C(N)=NCC1(C)CC(C)(C)OC. The monoisotopic (exact) mass is 284 g/mol. The van der Waals surface area contributed by atoms with Gasteiger partial charge >= 0.3 is 0 Å². The summed E-state index contributed by atoms with van der Waals surface area (Å²) in [4.78, 5) is 9.13. The molecule has 0 spiro atoms. The Kier molecular flexibility index (Phi) is 5.83. The molecule has 1 unspecified atom stereocenters. The van der Waals surface area contributed by atoms with Crippen LogP contribution in [0.5, 0.6) is 0 Å². The summed E-state index contributed by atoms with van der Waals surface area (Å²) in [5, 5.41) is 0. The van der Waals surface area contributed by atoms with Crippen molar-refractivity contribution in [2.45, 2.75) is 52.2 Å². The summed E-state index contributed by atoms with van der Waals surface area (Å²) >= 11 is 0. The highest BCUT2D eigenvalue weighted by Crippen LogP contribution is 2.31. The molecule has 1 rings (SSSR count). The van der Waals surface area contributed by atoms with Crippen LogP contribution in [0.1, 0.15) is 41.0 Å². The molecule has 1 atom stereocenters. The molecule has 0 fully saturated rings. The first-order valence-electron chi connectivity index (χ1n) is 7.63. The van der Waals surface area contributed by atoms with Gasteiger partial charge in [0.25, 0.3) is 0 Å². The maximum Gasteiger partial charge on any atom is 0.191 e. The van der Waals surface area contributed by atoms with Gasteiger partial charge in [0.1, 0.15) is 0 Å². The topological polar surface area (TPSA) is 54.1 Å². The van der Waals surface area contributed by atoms with E-state index in [2.05, 4.69) is 49.4 Å². The molecule has 0 bridgehead atoms. The maximum atomic E-state index is 6.10. The zero-order valence-corrected chi connectivity index (χ0v) is 14.1. The standard InChI is InChI=1S/C15H32N4O/c1-7-18(8-2)9-10-19-13(16)17-12-15(19,5)11-14(3,4)20-6/h7-12H2,1-6H3,(H2,16,17). The van der Waals surface area contributed by atoms with E-state index in [0.717, 1.165) is 39.1 Å². The van der Waals surface area contributed by atoms with Crippen LogP contribution >= 0.6 is 0 Å². The van der Waals surface area contributed by atoms with Gasteiger partial charge < -0.3 is 20.3 Å². The molecule has 20 heavy (non-hydrogen) atoms. The normalized spacial score (nSPS) is 23.6. The fourth-order valence-electron chi connectivity index (χ4n) is 3.00. The lowest BCUT2D eigenvalue weighted by Crippen LogP contribution is -2.55. The van der Waals surface area contributed by atoms with Crippen LogP contribution in [0.25, 0.3) is 0 Å². The van der Waals surface area contributed by atoms with Crippen molar-refractivity contribution >= 4 is 5.96 Å². The van der Waals surface area contributed by atoms with Crippen LogP contribution < -0.4 is 5.73 Å². The van der Waals surface area contributed by atoms with Crippen molar-refractivity contribution in [2.75, 3.05) is 39.8 Å². The van der Waals surface area contributed by atoms with E-state index in [9.17, 15) is 0 Å². The number of nitrogens with two attached hydrogens (primary N) is 1. The minimum absolute atomic E-state index is 0.0449. The molecule has 1 aliphatic heterocycles. The first-order chi connectivity index (χ1) is 9.28. The van der Waals surface area contributed by atoms with Crippen molar-refractivity contribution in [3.05, 3.63) is 0 Å². The molecule has 0 aliphatic carbocycles. The predicted octanol–water partition coefficient (Wildman–Crippen LogP) is 1.53. The molecule has 0 aromatic heterocycles. The zero-order valence-electron chi connectivity index (χ0n) is 14.1. The van der Waals surface area contributed by atoms with Crippen molar-refractivity contribution in [1.29, 1.82) is 0 Å². The molecule has 118 valence electrons. The first kappa shape index (κ1) is 17.2. The van der Waals surface area contributed by atoms with Gasteiger partial charge in [0.2, 0.25) is 0 Å². The maximum absolute atomic E-state index is 6.10. The van der Waals surface area contributed by atoms with Crippen LogP contribution in [0.15, 0.2) is 4.99 Å². The first-order valence-corrected chi connectivity index (χ1v) is 7.63. The number of guanidine groups is 1. The average Bonchev–Trinajstić information content (AvgIpc) is 2.66. The van der Waals surface area contributed by atoms with Crippen molar-refractivity contribution in [3.8, 4) is 0 Å². The molecule has 5 nitrogen and oxygen atoms in total. The molecule has 5 heteroatoms. The van der Waals surface area contributed by atoms with E-state index in [4.69, 9.17) is 10.5 Å². The van der Waals surface area contributed by atoms with Crippen molar-refractivity contribution in [1.82, 2.24) is 9.80 Å². The Hall–Kier alpha value is -0.810. The van der Waals surface area contributed by atoms with Gasteiger partial charge in [-0.05, 0) is 33.9 Å². The highest BCUT2D eigenvalue weighted by atomic mass is 16.5. The second kappa shape index (κ2) is 6.76. The average molecular weight is 284 g/mol. The fraction of sp³-hybridized carbons (Fsp3) is 0.933. The number of methoxy groups -OCH3 is 1. The summed E-state index contributed by atoms with van der Waals surface area (Å²) in [7, 11) is 1.77. The zero-order chi connectivity index (χ0) is 15.4. The number of rotatable bonds is 8. The van der Waals surface area contributed by atoms with Gasteiger partial charge in [0.15, 0.2) is 5.96 Å². The number of hydrogen-bond donors (Lipinski definition) is 1. The predicted molar refractivity (Wildman–Crippen MR) is 85.1 cm³/mol. The molecule has 0 saturated carbocycles. The molecule has 2 N–H and O–H groups in total. The van der Waals surface area contributed by atoms with Crippen LogP contribution in [0.3, 0.4) is 0 Å². The lowest BCUT2D eigenvalue weighted by atomic mass is 9.87. The van der Waals surface area contributed by atoms with E-state index < -0.39 is 0 Å². The third-order valence-corrected chi connectivity index (χ3v) is 4.40. The molecule has 0 aromatic carbocycles. The van der Waals surface area contributed by atoms with Crippen molar-refractivity contribution in [2.24, 2.45) is 10.7 Å². The van der Waals surface area contributed by atoms with E-state index in [1.165, 1.54) is 0 Å². The third-order valence-electron chi connectivity index (χ3n) is 4.40. The summed E-state index contributed by atoms with van der Waals surface area (Å²) in [6.45, 7) is 15.7. The summed E-state index contributed by atoms with van der Waals surface area (Å²) in [5.41, 5.74) is 5.89. The summed E-state index contributed by atoms with van der Waals surface area (Å²) < 4.78 is 5.59. The molecule has 0 aromatic rings. The molecular weight excluding hydrogens is 252 g/mol. The molecular formula is C15H32N4O. The molecule has 1 heterocycles. The van der Waals surface area contributed by atoms with Crippen molar-refractivity contribution < 1.29 is 4.74 Å². The molecule has 0 amide bonds. The fourth-order valence-corrected chi connectivity index (χ4v) is 3.00. The number of likely N-dealkylation sites (N-methyl/N-ethyl adjacent to an activating group) is 1. The van der Waals surface area contributed by atoms with Gasteiger partial charge in [0.05, 0.1) is 17.7 Å². The Morgan fingerprint density at radius 2 is 2.00 bits per heavy atom. The number of ether oxygens (including phenoxy) is 1. The Morgan fingerprint density at radius 1 is 1.40 bits per heavy atom. The van der Waals surface area contributed by atoms with Gasteiger partial charge in [-0.2, -0.15) is 0 Å². The minimum atomic E-state index is -0.164. The van der Waals surface area contributed by atoms with Gasteiger partial charge in [0, 0.05) is 26.6 Å². The summed E-state index contributed by atoms with van der Waals surface area (Å²) in [6.07, 6.45) is 0.916. The van der Waals surface area contributed by atoms with Crippen molar-refractivity contribution in [3.63, 3.8) is 0 Å². The Bertz CT molecular complexity index is 339. The number of hydrogen-bond acceptors (Lipinski definition) is 5. The lowest BCUT2D eigenvalue weighted by Gasteiger charge is -2.41. The minimum Gasteiger partial charge on any atom is -0.379 e. The summed E-state index contributed by atoms with van der Waals surface area (Å²) in [5.74, 6) is 0.673. The Labute approximate surface area is 124 Å². The largest absolute Gasteiger partial charge is 0.379 e. The number of nitrogens with zero attached hydrogens (tertiary/aromatic N) is 3. The lowest BCUT2D eigenvalue weighted by molar-refractivity contribution is -0.0179. The van der Waals surface area contributed by atoms with E-state index >= 15 is 0 Å². The number of aliphatic imine (C=N–C) groups is 1. The highest BCUT2D eigenvalue weighted by molar-refractivity contribution is 5.81. The third kappa shape index (κ3) is 4.09. The van der Waals surface area contributed by atoms with E-state index in [1.807, 2.05) is 0 Å².